The molecule has 0 radical (unpaired) electrons. The predicted molar refractivity (Wildman–Crippen MR) is 123 cm³/mol. The molecular formula is C26H21O4P. The van der Waals surface area contributed by atoms with Crippen LogP contribution in [-0.2, 0) is 9.32 Å². The maximum Gasteiger partial charge on any atom is 0.393 e. The summed E-state index contributed by atoms with van der Waals surface area (Å²) in [5, 5.41) is 0. The Morgan fingerprint density at radius 2 is 1.23 bits per heavy atom. The molecule has 1 unspecified atom stereocenters. The van der Waals surface area contributed by atoms with E-state index in [0.717, 1.165) is 27.8 Å². The van der Waals surface area contributed by atoms with E-state index in [2.05, 4.69) is 0 Å². The molecule has 4 aromatic carbocycles. The van der Waals surface area contributed by atoms with Crippen molar-refractivity contribution in [3.8, 4) is 22.3 Å². The number of hydrogen-bond acceptors (Lipinski definition) is 4. The van der Waals surface area contributed by atoms with Gasteiger partial charge in [0.25, 0.3) is 0 Å². The zero-order chi connectivity index (χ0) is 21.6. The summed E-state index contributed by atoms with van der Waals surface area (Å²) in [6.45, 7) is 0. The fraction of sp³-hybridized carbons (Fsp3) is 0.0385. The van der Waals surface area contributed by atoms with Crippen LogP contribution in [0.2, 0.25) is 0 Å². The first-order valence-corrected chi connectivity index (χ1v) is 11.0. The molecule has 1 atom stereocenters. The predicted octanol–water partition coefficient (Wildman–Crippen LogP) is 5.91. The minimum absolute atomic E-state index is 0.704. The summed E-state index contributed by atoms with van der Waals surface area (Å²) in [6.07, 6.45) is 0. The summed E-state index contributed by atoms with van der Waals surface area (Å²) >= 11 is 0. The Balaban J connectivity index is 1.98. The van der Waals surface area contributed by atoms with Crippen LogP contribution in [0, 0.1) is 0 Å². The number of hydrogen-bond donors (Lipinski definition) is 2. The maximum absolute atomic E-state index is 13.1. The fourth-order valence-electron chi connectivity index (χ4n) is 3.82. The van der Waals surface area contributed by atoms with E-state index in [-0.39, 0.29) is 0 Å². The molecule has 4 aromatic rings. The highest BCUT2D eigenvalue weighted by Crippen LogP contribution is 2.42. The first kappa shape index (κ1) is 21.0. The van der Waals surface area contributed by atoms with E-state index in [9.17, 15) is 14.6 Å². The standard InChI is InChI=1S/C26H21O4P/c27-26(30-31(28)29)25(21-15-8-3-9-16-21)23-18-10-17-22(19-11-4-1-5-12-19)24(23)20-13-6-2-7-14-20/h1-18,25,28-29H. The molecule has 4 nitrogen and oxygen atoms in total. The summed E-state index contributed by atoms with van der Waals surface area (Å²) in [6, 6.07) is 34.9. The Morgan fingerprint density at radius 1 is 0.677 bits per heavy atom. The summed E-state index contributed by atoms with van der Waals surface area (Å²) < 4.78 is 4.89. The van der Waals surface area contributed by atoms with Crippen molar-refractivity contribution in [3.63, 3.8) is 0 Å². The van der Waals surface area contributed by atoms with Crippen LogP contribution in [0.25, 0.3) is 22.3 Å². The molecule has 0 bridgehead atoms. The molecule has 0 saturated heterocycles. The van der Waals surface area contributed by atoms with Gasteiger partial charge in [0.15, 0.2) is 0 Å². The van der Waals surface area contributed by atoms with Gasteiger partial charge in [-0.3, -0.25) is 4.79 Å². The van der Waals surface area contributed by atoms with Gasteiger partial charge in [-0.05, 0) is 33.4 Å². The molecule has 5 heteroatoms. The van der Waals surface area contributed by atoms with Crippen molar-refractivity contribution in [2.24, 2.45) is 0 Å². The third kappa shape index (κ3) is 4.73. The molecular weight excluding hydrogens is 407 g/mol. The lowest BCUT2D eigenvalue weighted by atomic mass is 9.82. The molecule has 0 aliphatic rings. The van der Waals surface area contributed by atoms with Crippen LogP contribution in [0.15, 0.2) is 109 Å². The largest absolute Gasteiger partial charge is 0.394 e. The van der Waals surface area contributed by atoms with Gasteiger partial charge in [-0.1, -0.05) is 109 Å². The van der Waals surface area contributed by atoms with Gasteiger partial charge < -0.3 is 14.3 Å². The third-order valence-corrected chi connectivity index (χ3v) is 5.44. The van der Waals surface area contributed by atoms with Gasteiger partial charge in [-0.2, -0.15) is 0 Å². The summed E-state index contributed by atoms with van der Waals surface area (Å²) in [5.41, 5.74) is 5.32. The number of rotatable bonds is 6. The van der Waals surface area contributed by atoms with Crippen LogP contribution in [0.5, 0.6) is 0 Å². The van der Waals surface area contributed by atoms with Gasteiger partial charge in [0.05, 0.1) is 0 Å². The van der Waals surface area contributed by atoms with Gasteiger partial charge in [-0.25, -0.2) is 0 Å². The smallest absolute Gasteiger partial charge is 0.393 e. The second-order valence-electron chi connectivity index (χ2n) is 7.01. The van der Waals surface area contributed by atoms with E-state index >= 15 is 0 Å². The van der Waals surface area contributed by atoms with Gasteiger partial charge in [-0.15, -0.1) is 0 Å². The van der Waals surface area contributed by atoms with Crippen molar-refractivity contribution in [2.45, 2.75) is 5.92 Å². The normalized spacial score (nSPS) is 11.8. The van der Waals surface area contributed by atoms with E-state index in [4.69, 9.17) is 4.52 Å². The third-order valence-electron chi connectivity index (χ3n) is 5.10. The Kier molecular flexibility index (Phi) is 6.54. The molecule has 0 aliphatic heterocycles. The topological polar surface area (TPSA) is 66.8 Å². The van der Waals surface area contributed by atoms with Gasteiger partial charge in [0.2, 0.25) is 0 Å². The molecule has 154 valence electrons. The average Bonchev–Trinajstić information content (AvgIpc) is 2.80. The Morgan fingerprint density at radius 3 is 1.81 bits per heavy atom. The number of carbonyl (C=O) groups excluding carboxylic acids is 1. The molecule has 0 amide bonds. The lowest BCUT2D eigenvalue weighted by Crippen LogP contribution is -2.17. The highest BCUT2D eigenvalue weighted by atomic mass is 31.2. The zero-order valence-electron chi connectivity index (χ0n) is 16.6. The quantitative estimate of drug-likeness (QED) is 0.375. The first-order chi connectivity index (χ1) is 15.1. The zero-order valence-corrected chi connectivity index (χ0v) is 17.5. The second-order valence-corrected chi connectivity index (χ2v) is 7.70. The highest BCUT2D eigenvalue weighted by Gasteiger charge is 2.30. The SMILES string of the molecule is O=C(OP(O)O)C(c1ccccc1)c1cccc(-c2ccccc2)c1-c1ccccc1. The van der Waals surface area contributed by atoms with Crippen LogP contribution in [-0.4, -0.2) is 15.8 Å². The summed E-state index contributed by atoms with van der Waals surface area (Å²) in [4.78, 5) is 31.8. The number of carbonyl (C=O) groups is 1. The van der Waals surface area contributed by atoms with Crippen LogP contribution >= 0.6 is 8.60 Å². The summed E-state index contributed by atoms with van der Waals surface area (Å²) in [5.74, 6) is -1.52. The van der Waals surface area contributed by atoms with Gasteiger partial charge in [0, 0.05) is 0 Å². The Hall–Kier alpha value is -3.30. The van der Waals surface area contributed by atoms with Crippen molar-refractivity contribution in [1.82, 2.24) is 0 Å². The van der Waals surface area contributed by atoms with E-state index in [0.29, 0.717) is 5.56 Å². The molecule has 0 aliphatic carbocycles. The van der Waals surface area contributed by atoms with Crippen molar-refractivity contribution in [1.29, 1.82) is 0 Å². The van der Waals surface area contributed by atoms with E-state index < -0.39 is 20.5 Å². The van der Waals surface area contributed by atoms with Crippen LogP contribution in [0.3, 0.4) is 0 Å². The molecule has 0 aromatic heterocycles. The molecule has 4 rings (SSSR count). The molecule has 31 heavy (non-hydrogen) atoms. The van der Waals surface area contributed by atoms with Crippen molar-refractivity contribution in [2.75, 3.05) is 0 Å². The number of benzene rings is 4. The van der Waals surface area contributed by atoms with E-state index in [1.54, 1.807) is 0 Å². The van der Waals surface area contributed by atoms with Crippen LogP contribution < -0.4 is 0 Å². The van der Waals surface area contributed by atoms with Crippen LogP contribution in [0.4, 0.5) is 0 Å². The lowest BCUT2D eigenvalue weighted by molar-refractivity contribution is -0.135. The highest BCUT2D eigenvalue weighted by molar-refractivity contribution is 7.40. The molecule has 0 saturated carbocycles. The summed E-state index contributed by atoms with van der Waals surface area (Å²) in [7, 11) is -2.82. The maximum atomic E-state index is 13.1. The Labute approximate surface area is 182 Å². The van der Waals surface area contributed by atoms with Crippen LogP contribution in [0.1, 0.15) is 17.0 Å². The minimum Gasteiger partial charge on any atom is -0.394 e. The molecule has 0 heterocycles. The lowest BCUT2D eigenvalue weighted by Gasteiger charge is -2.22. The monoisotopic (exact) mass is 428 g/mol. The average molecular weight is 428 g/mol. The first-order valence-electron chi connectivity index (χ1n) is 9.83. The van der Waals surface area contributed by atoms with Crippen molar-refractivity contribution in [3.05, 3.63) is 120 Å². The minimum atomic E-state index is -2.82. The fourth-order valence-corrected chi connectivity index (χ4v) is 4.08. The van der Waals surface area contributed by atoms with Gasteiger partial charge >= 0.3 is 14.6 Å². The van der Waals surface area contributed by atoms with E-state index in [1.807, 2.05) is 109 Å². The van der Waals surface area contributed by atoms with Gasteiger partial charge in [0.1, 0.15) is 5.92 Å². The van der Waals surface area contributed by atoms with E-state index in [1.165, 1.54) is 0 Å². The molecule has 2 N–H and O–H groups in total. The molecule has 0 spiro atoms. The van der Waals surface area contributed by atoms with Crippen molar-refractivity contribution >= 4 is 14.6 Å². The van der Waals surface area contributed by atoms with Crippen molar-refractivity contribution < 1.29 is 19.1 Å². The second kappa shape index (κ2) is 9.67. The Bertz CT molecular complexity index is 1150. The molecule has 0 fully saturated rings.